The first-order chi connectivity index (χ1) is 8.55. The third-order valence-electron chi connectivity index (χ3n) is 3.33. The summed E-state index contributed by atoms with van der Waals surface area (Å²) in [6.07, 6.45) is 2.56. The Balaban J connectivity index is 2.66. The number of aryl methyl sites for hydroxylation is 1. The zero-order valence-corrected chi connectivity index (χ0v) is 11.9. The average Bonchev–Trinajstić information content (AvgIpc) is 2.85. The van der Waals surface area contributed by atoms with Crippen molar-refractivity contribution < 1.29 is 9.26 Å². The minimum absolute atomic E-state index is 0.448. The Kier molecular flexibility index (Phi) is 5.75. The molecule has 5 nitrogen and oxygen atoms in total. The van der Waals surface area contributed by atoms with Gasteiger partial charge in [-0.1, -0.05) is 19.0 Å². The summed E-state index contributed by atoms with van der Waals surface area (Å²) < 4.78 is 11.0. The Labute approximate surface area is 109 Å². The quantitative estimate of drug-likeness (QED) is 0.771. The molecule has 0 aromatic carbocycles. The fourth-order valence-electron chi connectivity index (χ4n) is 1.70. The second-order valence-electron chi connectivity index (χ2n) is 4.91. The summed E-state index contributed by atoms with van der Waals surface area (Å²) >= 11 is 0. The van der Waals surface area contributed by atoms with Gasteiger partial charge >= 0.3 is 0 Å². The molecule has 1 rings (SSSR count). The van der Waals surface area contributed by atoms with Gasteiger partial charge in [-0.05, 0) is 39.2 Å². The SMILES string of the molecule is CCOC(C)(CC)c1noc(CCC(C)CN)n1. The van der Waals surface area contributed by atoms with Crippen molar-refractivity contribution in [3.63, 3.8) is 0 Å². The number of hydrogen-bond acceptors (Lipinski definition) is 5. The molecule has 1 heterocycles. The monoisotopic (exact) mass is 255 g/mol. The van der Waals surface area contributed by atoms with Crippen molar-refractivity contribution in [1.82, 2.24) is 10.1 Å². The van der Waals surface area contributed by atoms with Crippen LogP contribution in [0.5, 0.6) is 0 Å². The first-order valence-electron chi connectivity index (χ1n) is 6.72. The molecule has 0 bridgehead atoms. The molecule has 1 aromatic rings. The highest BCUT2D eigenvalue weighted by Crippen LogP contribution is 2.26. The Morgan fingerprint density at radius 2 is 2.17 bits per heavy atom. The molecule has 2 atom stereocenters. The molecule has 104 valence electrons. The summed E-state index contributed by atoms with van der Waals surface area (Å²) in [5.41, 5.74) is 5.14. The predicted molar refractivity (Wildman–Crippen MR) is 70.1 cm³/mol. The Bertz CT molecular complexity index is 354. The second-order valence-corrected chi connectivity index (χ2v) is 4.91. The summed E-state index contributed by atoms with van der Waals surface area (Å²) in [5.74, 6) is 1.79. The van der Waals surface area contributed by atoms with Crippen molar-refractivity contribution >= 4 is 0 Å². The van der Waals surface area contributed by atoms with Crippen LogP contribution in [0, 0.1) is 5.92 Å². The molecule has 0 fully saturated rings. The zero-order chi connectivity index (χ0) is 13.6. The van der Waals surface area contributed by atoms with Crippen molar-refractivity contribution in [3.8, 4) is 0 Å². The van der Waals surface area contributed by atoms with Crippen molar-refractivity contribution in [1.29, 1.82) is 0 Å². The fourth-order valence-corrected chi connectivity index (χ4v) is 1.70. The molecule has 0 saturated carbocycles. The Morgan fingerprint density at radius 3 is 2.72 bits per heavy atom. The lowest BCUT2D eigenvalue weighted by Gasteiger charge is -2.23. The van der Waals surface area contributed by atoms with Gasteiger partial charge in [0.1, 0.15) is 5.60 Å². The zero-order valence-electron chi connectivity index (χ0n) is 11.9. The Morgan fingerprint density at radius 1 is 1.44 bits per heavy atom. The van der Waals surface area contributed by atoms with E-state index < -0.39 is 5.60 Å². The maximum atomic E-state index is 5.72. The maximum Gasteiger partial charge on any atom is 0.226 e. The van der Waals surface area contributed by atoms with Crippen LogP contribution < -0.4 is 5.73 Å². The standard InChI is InChI=1S/C13H25N3O2/c1-5-13(4,17-6-2)12-15-11(18-16-12)8-7-10(3)9-14/h10H,5-9,14H2,1-4H3. The van der Waals surface area contributed by atoms with E-state index >= 15 is 0 Å². The number of aromatic nitrogens is 2. The van der Waals surface area contributed by atoms with Crippen molar-refractivity contribution in [2.24, 2.45) is 11.7 Å². The molecular weight excluding hydrogens is 230 g/mol. The lowest BCUT2D eigenvalue weighted by molar-refractivity contribution is -0.0403. The van der Waals surface area contributed by atoms with Crippen LogP contribution in [0.3, 0.4) is 0 Å². The minimum Gasteiger partial charge on any atom is -0.367 e. The lowest BCUT2D eigenvalue weighted by atomic mass is 10.0. The van der Waals surface area contributed by atoms with Gasteiger partial charge in [0.05, 0.1) is 0 Å². The number of hydrogen-bond donors (Lipinski definition) is 1. The largest absolute Gasteiger partial charge is 0.367 e. The topological polar surface area (TPSA) is 74.2 Å². The molecule has 0 radical (unpaired) electrons. The average molecular weight is 255 g/mol. The third kappa shape index (κ3) is 3.78. The van der Waals surface area contributed by atoms with Crippen molar-refractivity contribution in [3.05, 3.63) is 11.7 Å². The van der Waals surface area contributed by atoms with Gasteiger partial charge in [0.2, 0.25) is 11.7 Å². The molecule has 0 spiro atoms. The summed E-state index contributed by atoms with van der Waals surface area (Å²) in [6, 6.07) is 0. The van der Waals surface area contributed by atoms with Gasteiger partial charge in [-0.2, -0.15) is 4.98 Å². The van der Waals surface area contributed by atoms with E-state index in [1.807, 2.05) is 13.8 Å². The first kappa shape index (κ1) is 15.1. The minimum atomic E-state index is -0.448. The van der Waals surface area contributed by atoms with Gasteiger partial charge in [-0.15, -0.1) is 0 Å². The normalized spacial score (nSPS) is 16.5. The molecular formula is C13H25N3O2. The molecule has 18 heavy (non-hydrogen) atoms. The maximum absolute atomic E-state index is 5.72. The summed E-state index contributed by atoms with van der Waals surface area (Å²) in [4.78, 5) is 4.43. The van der Waals surface area contributed by atoms with Crippen LogP contribution in [-0.2, 0) is 16.8 Å². The van der Waals surface area contributed by atoms with Crippen LogP contribution in [0.4, 0.5) is 0 Å². The molecule has 0 amide bonds. The molecule has 1 aromatic heterocycles. The van der Waals surface area contributed by atoms with Crippen molar-refractivity contribution in [2.75, 3.05) is 13.2 Å². The smallest absolute Gasteiger partial charge is 0.226 e. The summed E-state index contributed by atoms with van der Waals surface area (Å²) in [5, 5.41) is 4.04. The van der Waals surface area contributed by atoms with Gasteiger partial charge in [0.15, 0.2) is 0 Å². The molecule has 0 aliphatic carbocycles. The van der Waals surface area contributed by atoms with E-state index in [-0.39, 0.29) is 0 Å². The predicted octanol–water partition coefficient (Wildman–Crippen LogP) is 2.26. The first-order valence-corrected chi connectivity index (χ1v) is 6.72. The molecule has 2 N–H and O–H groups in total. The molecule has 2 unspecified atom stereocenters. The van der Waals surface area contributed by atoms with E-state index in [4.69, 9.17) is 15.0 Å². The number of nitrogens with zero attached hydrogens (tertiary/aromatic N) is 2. The number of nitrogens with two attached hydrogens (primary N) is 1. The molecule has 0 aliphatic heterocycles. The Hall–Kier alpha value is -0.940. The van der Waals surface area contributed by atoms with Crippen molar-refractivity contribution in [2.45, 2.75) is 52.6 Å². The summed E-state index contributed by atoms with van der Waals surface area (Å²) in [7, 11) is 0. The highest BCUT2D eigenvalue weighted by molar-refractivity contribution is 4.99. The van der Waals surface area contributed by atoms with E-state index in [0.29, 0.717) is 30.8 Å². The van der Waals surface area contributed by atoms with Crippen LogP contribution in [0.25, 0.3) is 0 Å². The number of ether oxygens (including phenoxy) is 1. The van der Waals surface area contributed by atoms with Crippen LogP contribution in [0.2, 0.25) is 0 Å². The summed E-state index contributed by atoms with van der Waals surface area (Å²) in [6.45, 7) is 9.46. The highest BCUT2D eigenvalue weighted by Gasteiger charge is 2.30. The van der Waals surface area contributed by atoms with Gasteiger partial charge in [-0.3, -0.25) is 0 Å². The van der Waals surface area contributed by atoms with E-state index in [2.05, 4.69) is 24.0 Å². The molecule has 5 heteroatoms. The highest BCUT2D eigenvalue weighted by atomic mass is 16.5. The van der Waals surface area contributed by atoms with Gasteiger partial charge in [0, 0.05) is 13.0 Å². The van der Waals surface area contributed by atoms with E-state index in [9.17, 15) is 0 Å². The van der Waals surface area contributed by atoms with Gasteiger partial charge in [-0.25, -0.2) is 0 Å². The van der Waals surface area contributed by atoms with E-state index in [0.717, 1.165) is 19.3 Å². The fraction of sp³-hybridized carbons (Fsp3) is 0.846. The second kappa shape index (κ2) is 6.85. The van der Waals surface area contributed by atoms with Crippen LogP contribution >= 0.6 is 0 Å². The van der Waals surface area contributed by atoms with Crippen LogP contribution in [-0.4, -0.2) is 23.3 Å². The third-order valence-corrected chi connectivity index (χ3v) is 3.33. The molecule has 0 aliphatic rings. The van der Waals surface area contributed by atoms with Crippen LogP contribution in [0.15, 0.2) is 4.52 Å². The molecule has 0 saturated heterocycles. The number of rotatable bonds is 8. The van der Waals surface area contributed by atoms with Gasteiger partial charge in [0.25, 0.3) is 0 Å². The van der Waals surface area contributed by atoms with Crippen LogP contribution in [0.1, 0.15) is 52.3 Å². The van der Waals surface area contributed by atoms with Gasteiger partial charge < -0.3 is 15.0 Å². The van der Waals surface area contributed by atoms with E-state index in [1.54, 1.807) is 0 Å². The lowest BCUT2D eigenvalue weighted by Crippen LogP contribution is -2.26. The van der Waals surface area contributed by atoms with E-state index in [1.165, 1.54) is 0 Å².